The maximum absolute atomic E-state index is 4.92. The first-order chi connectivity index (χ1) is 22.4. The van der Waals surface area contributed by atoms with E-state index in [9.17, 15) is 0 Å². The molecule has 0 amide bonds. The molecule has 1 aliphatic rings. The Bertz CT molecular complexity index is 2490. The van der Waals surface area contributed by atoms with Gasteiger partial charge in [0.2, 0.25) is 0 Å². The highest BCUT2D eigenvalue weighted by Gasteiger charge is 2.36. The van der Waals surface area contributed by atoms with Crippen LogP contribution in [0.3, 0.4) is 0 Å². The second kappa shape index (κ2) is 9.76. The van der Waals surface area contributed by atoms with Gasteiger partial charge in [0.15, 0.2) is 0 Å². The smallest absolute Gasteiger partial charge is 0.144 e. The lowest BCUT2D eigenvalue weighted by atomic mass is 9.80. The minimum atomic E-state index is -0.151. The summed E-state index contributed by atoms with van der Waals surface area (Å²) in [7, 11) is 0. The van der Waals surface area contributed by atoms with Gasteiger partial charge in [0.25, 0.3) is 0 Å². The zero-order valence-corrected chi connectivity index (χ0v) is 26.6. The lowest BCUT2D eigenvalue weighted by Gasteiger charge is -2.23. The van der Waals surface area contributed by atoms with Crippen molar-refractivity contribution in [3.63, 3.8) is 0 Å². The zero-order chi connectivity index (χ0) is 31.2. The van der Waals surface area contributed by atoms with Crippen LogP contribution in [0.15, 0.2) is 134 Å². The summed E-state index contributed by atoms with van der Waals surface area (Å²) in [5, 5.41) is 7.91. The normalized spacial score (nSPS) is 13.4. The van der Waals surface area contributed by atoms with E-state index in [1.165, 1.54) is 82.5 Å². The molecule has 0 spiro atoms. The Labute approximate surface area is 269 Å². The third kappa shape index (κ3) is 3.80. The first-order valence-corrected chi connectivity index (χ1v) is 16.1. The predicted octanol–water partition coefficient (Wildman–Crippen LogP) is 11.6. The summed E-state index contributed by atoms with van der Waals surface area (Å²) < 4.78 is 2.27. The largest absolute Gasteiger partial charge is 0.299 e. The van der Waals surface area contributed by atoms with Gasteiger partial charge in [0.05, 0.1) is 5.69 Å². The fraction of sp³-hybridized carbons (Fsp3) is 0.114. The summed E-state index contributed by atoms with van der Waals surface area (Å²) in [6, 6.07) is 44.8. The van der Waals surface area contributed by atoms with Crippen molar-refractivity contribution in [2.75, 3.05) is 0 Å². The van der Waals surface area contributed by atoms with E-state index in [0.29, 0.717) is 0 Å². The summed E-state index contributed by atoms with van der Waals surface area (Å²) in [6.07, 6.45) is 4.03. The molecule has 220 valence electrons. The van der Waals surface area contributed by atoms with Crippen molar-refractivity contribution in [2.24, 2.45) is 0 Å². The molecule has 0 bridgehead atoms. The van der Waals surface area contributed by atoms with Crippen LogP contribution in [0, 0.1) is 13.8 Å². The minimum absolute atomic E-state index is 0.151. The molecule has 0 aliphatic heterocycles. The average Bonchev–Trinajstić information content (AvgIpc) is 3.64. The van der Waals surface area contributed by atoms with Crippen LogP contribution in [-0.4, -0.2) is 9.55 Å². The van der Waals surface area contributed by atoms with E-state index < -0.39 is 0 Å². The van der Waals surface area contributed by atoms with Crippen molar-refractivity contribution in [2.45, 2.75) is 33.1 Å². The Balaban J connectivity index is 1.20. The summed E-state index contributed by atoms with van der Waals surface area (Å²) in [5.74, 6) is 0.968. The molecule has 2 nitrogen and oxygen atoms in total. The molecule has 0 unspecified atom stereocenters. The maximum atomic E-state index is 4.92. The summed E-state index contributed by atoms with van der Waals surface area (Å²) in [5.41, 5.74) is 12.5. The van der Waals surface area contributed by atoms with E-state index in [4.69, 9.17) is 4.98 Å². The predicted molar refractivity (Wildman–Crippen MR) is 194 cm³/mol. The van der Waals surface area contributed by atoms with Gasteiger partial charge in [0.1, 0.15) is 5.82 Å². The molecule has 1 aliphatic carbocycles. The van der Waals surface area contributed by atoms with Gasteiger partial charge in [-0.3, -0.25) is 4.57 Å². The van der Waals surface area contributed by atoms with Crippen LogP contribution in [0.4, 0.5) is 0 Å². The summed E-state index contributed by atoms with van der Waals surface area (Å²) in [6.45, 7) is 9.16. The Morgan fingerprint density at radius 3 is 1.72 bits per heavy atom. The van der Waals surface area contributed by atoms with E-state index >= 15 is 0 Å². The first kappa shape index (κ1) is 26.9. The molecule has 0 fully saturated rings. The number of benzene rings is 7. The second-order valence-corrected chi connectivity index (χ2v) is 13.4. The fourth-order valence-corrected chi connectivity index (χ4v) is 8.10. The number of aromatic nitrogens is 2. The van der Waals surface area contributed by atoms with Gasteiger partial charge < -0.3 is 0 Å². The van der Waals surface area contributed by atoms with Crippen molar-refractivity contribution in [3.8, 4) is 39.3 Å². The van der Waals surface area contributed by atoms with Gasteiger partial charge >= 0.3 is 0 Å². The molecular weight excluding hydrogens is 556 g/mol. The zero-order valence-electron chi connectivity index (χ0n) is 26.6. The van der Waals surface area contributed by atoms with Crippen molar-refractivity contribution >= 4 is 32.3 Å². The Kier molecular flexibility index (Phi) is 5.71. The fourth-order valence-electron chi connectivity index (χ4n) is 8.10. The SMILES string of the molecule is Cc1cc(-c2ccccc2)cc(C)c1-n1ccnc1-c1ccc2c(c1)C(C)(C)c1cc3c4ccccc4c4ccccc4c3cc1-2. The van der Waals surface area contributed by atoms with E-state index in [-0.39, 0.29) is 5.41 Å². The van der Waals surface area contributed by atoms with E-state index in [1.807, 2.05) is 6.20 Å². The van der Waals surface area contributed by atoms with Gasteiger partial charge in [0, 0.05) is 23.4 Å². The number of hydrogen-bond acceptors (Lipinski definition) is 1. The van der Waals surface area contributed by atoms with Gasteiger partial charge in [-0.05, 0) is 121 Å². The highest BCUT2D eigenvalue weighted by molar-refractivity contribution is 6.26. The first-order valence-electron chi connectivity index (χ1n) is 16.1. The number of fused-ring (bicyclic) bond motifs is 9. The number of aryl methyl sites for hydroxylation is 2. The third-order valence-corrected chi connectivity index (χ3v) is 10.3. The Hall–Kier alpha value is -5.47. The maximum Gasteiger partial charge on any atom is 0.144 e. The molecule has 2 heteroatoms. The molecule has 1 aromatic heterocycles. The number of hydrogen-bond donors (Lipinski definition) is 0. The van der Waals surface area contributed by atoms with Crippen LogP contribution in [-0.2, 0) is 5.41 Å². The van der Waals surface area contributed by atoms with E-state index in [0.717, 1.165) is 11.4 Å². The highest BCUT2D eigenvalue weighted by Crippen LogP contribution is 2.52. The monoisotopic (exact) mass is 590 g/mol. The molecule has 0 radical (unpaired) electrons. The van der Waals surface area contributed by atoms with Gasteiger partial charge in [-0.25, -0.2) is 4.98 Å². The average molecular weight is 591 g/mol. The molecular formula is C44H34N2. The molecule has 46 heavy (non-hydrogen) atoms. The third-order valence-electron chi connectivity index (χ3n) is 10.3. The lowest BCUT2D eigenvalue weighted by molar-refractivity contribution is 0.661. The van der Waals surface area contributed by atoms with Crippen molar-refractivity contribution in [1.82, 2.24) is 9.55 Å². The van der Waals surface area contributed by atoms with Crippen LogP contribution < -0.4 is 0 Å². The van der Waals surface area contributed by atoms with Crippen molar-refractivity contribution in [3.05, 3.63) is 156 Å². The van der Waals surface area contributed by atoms with Crippen LogP contribution in [0.25, 0.3) is 71.6 Å². The van der Waals surface area contributed by atoms with Crippen molar-refractivity contribution in [1.29, 1.82) is 0 Å². The summed E-state index contributed by atoms with van der Waals surface area (Å²) in [4.78, 5) is 4.92. The topological polar surface area (TPSA) is 17.8 Å². The quantitative estimate of drug-likeness (QED) is 0.187. The number of rotatable bonds is 3. The van der Waals surface area contributed by atoms with Crippen molar-refractivity contribution < 1.29 is 0 Å². The highest BCUT2D eigenvalue weighted by atomic mass is 15.1. The standard InChI is InChI=1S/C44H34N2/c1-27-22-31(29-12-6-5-7-13-29)23-28(2)42(27)46-21-20-45-43(46)30-18-19-36-39-25-37-34-16-10-8-14-32(34)33-15-9-11-17-35(33)38(37)26-41(39)44(3,4)40(36)24-30/h5-26H,1-4H3. The molecule has 7 aromatic carbocycles. The Morgan fingerprint density at radius 2 is 1.07 bits per heavy atom. The van der Waals surface area contributed by atoms with E-state index in [1.54, 1.807) is 0 Å². The van der Waals surface area contributed by atoms with Gasteiger partial charge in [-0.15, -0.1) is 0 Å². The van der Waals surface area contributed by atoms with Crippen LogP contribution >= 0.6 is 0 Å². The molecule has 8 aromatic rings. The van der Waals surface area contributed by atoms with Crippen LogP contribution in [0.5, 0.6) is 0 Å². The van der Waals surface area contributed by atoms with Gasteiger partial charge in [-0.1, -0.05) is 105 Å². The molecule has 0 saturated carbocycles. The Morgan fingerprint density at radius 1 is 0.500 bits per heavy atom. The number of imidazole rings is 1. The van der Waals surface area contributed by atoms with Crippen LogP contribution in [0.2, 0.25) is 0 Å². The molecule has 0 saturated heterocycles. The molecule has 1 heterocycles. The van der Waals surface area contributed by atoms with E-state index in [2.05, 4.69) is 160 Å². The number of nitrogens with zero attached hydrogens (tertiary/aromatic N) is 2. The minimum Gasteiger partial charge on any atom is -0.299 e. The lowest BCUT2D eigenvalue weighted by Crippen LogP contribution is -2.15. The molecule has 0 N–H and O–H groups in total. The van der Waals surface area contributed by atoms with Crippen LogP contribution in [0.1, 0.15) is 36.1 Å². The second-order valence-electron chi connectivity index (χ2n) is 13.4. The van der Waals surface area contributed by atoms with Gasteiger partial charge in [-0.2, -0.15) is 0 Å². The molecule has 9 rings (SSSR count). The summed E-state index contributed by atoms with van der Waals surface area (Å²) >= 11 is 0. The molecule has 0 atom stereocenters.